The molecule has 0 fully saturated rings. The number of nitrogens with zero attached hydrogens (tertiary/aromatic N) is 4. The fourth-order valence-electron chi connectivity index (χ4n) is 3.10. The van der Waals surface area contributed by atoms with Gasteiger partial charge < -0.3 is 4.74 Å². The number of aromatic nitrogens is 4. The molecule has 4 heterocycles. The molecule has 0 saturated carbocycles. The number of hydrogen-bond acceptors (Lipinski definition) is 7. The minimum atomic E-state index is -0.144. The Labute approximate surface area is 160 Å². The van der Waals surface area contributed by atoms with Crippen molar-refractivity contribution in [2.45, 2.75) is 63.1 Å². The second kappa shape index (κ2) is 6.72. The quantitative estimate of drug-likeness (QED) is 0.457. The van der Waals surface area contributed by atoms with Gasteiger partial charge in [-0.1, -0.05) is 37.4 Å². The van der Waals surface area contributed by atoms with Crippen LogP contribution in [-0.4, -0.2) is 36.7 Å². The summed E-state index contributed by atoms with van der Waals surface area (Å²) in [6, 6.07) is 0. The van der Waals surface area contributed by atoms with Gasteiger partial charge in [0, 0.05) is 17.1 Å². The van der Waals surface area contributed by atoms with Gasteiger partial charge in [-0.15, -0.1) is 21.5 Å². The van der Waals surface area contributed by atoms with Crippen LogP contribution in [0.25, 0.3) is 15.9 Å². The lowest BCUT2D eigenvalue weighted by atomic mass is 9.94. The summed E-state index contributed by atoms with van der Waals surface area (Å²) < 4.78 is 8.16. The molecule has 0 radical (unpaired) electrons. The highest BCUT2D eigenvalue weighted by Crippen LogP contribution is 2.41. The molecule has 0 saturated heterocycles. The topological polar surface area (TPSA) is 52.3 Å². The molecule has 0 atom stereocenters. The Morgan fingerprint density at radius 2 is 2.04 bits per heavy atom. The first kappa shape index (κ1) is 17.6. The van der Waals surface area contributed by atoms with Crippen molar-refractivity contribution in [3.63, 3.8) is 0 Å². The molecule has 8 heteroatoms. The lowest BCUT2D eigenvalue weighted by molar-refractivity contribution is -0.0379. The van der Waals surface area contributed by atoms with Crippen LogP contribution < -0.4 is 0 Å². The molecule has 1 aliphatic heterocycles. The van der Waals surface area contributed by atoms with E-state index in [4.69, 9.17) is 9.72 Å². The van der Waals surface area contributed by atoms with Crippen LogP contribution in [0.4, 0.5) is 0 Å². The molecule has 3 aromatic heterocycles. The maximum Gasteiger partial charge on any atom is 0.197 e. The van der Waals surface area contributed by atoms with Gasteiger partial charge in [0.2, 0.25) is 0 Å². The third-order valence-corrected chi connectivity index (χ3v) is 7.28. The summed E-state index contributed by atoms with van der Waals surface area (Å²) >= 11 is 5.26. The Morgan fingerprint density at radius 1 is 1.20 bits per heavy atom. The van der Waals surface area contributed by atoms with E-state index in [-0.39, 0.29) is 5.60 Å². The minimum Gasteiger partial charge on any atom is -0.370 e. The van der Waals surface area contributed by atoms with Gasteiger partial charge >= 0.3 is 0 Å². The van der Waals surface area contributed by atoms with Crippen molar-refractivity contribution in [3.05, 3.63) is 10.4 Å². The average molecular weight is 395 g/mol. The molecule has 0 N–H and O–H groups in total. The van der Waals surface area contributed by atoms with Crippen LogP contribution in [0, 0.1) is 0 Å². The normalized spacial score (nSPS) is 16.6. The largest absolute Gasteiger partial charge is 0.370 e. The van der Waals surface area contributed by atoms with Crippen LogP contribution in [0.15, 0.2) is 10.3 Å². The number of hydrogen-bond donors (Lipinski definition) is 0. The van der Waals surface area contributed by atoms with Gasteiger partial charge in [-0.3, -0.25) is 0 Å². The standard InChI is InChI=1S/C17H22N4OS3/c1-5-7-24-15-18-14-12(13-19-20-16(21(13)15)23-6-2)10-8-17(3,4)22-9-11(10)25-14/h5-9H2,1-4H3. The van der Waals surface area contributed by atoms with Crippen molar-refractivity contribution in [1.29, 1.82) is 0 Å². The summed E-state index contributed by atoms with van der Waals surface area (Å²) in [6.07, 6.45) is 2.01. The van der Waals surface area contributed by atoms with Gasteiger partial charge in [0.05, 0.1) is 17.6 Å². The van der Waals surface area contributed by atoms with Crippen LogP contribution in [0.5, 0.6) is 0 Å². The van der Waals surface area contributed by atoms with E-state index in [1.165, 1.54) is 15.8 Å². The average Bonchev–Trinajstić information content (AvgIpc) is 3.13. The molecule has 25 heavy (non-hydrogen) atoms. The maximum atomic E-state index is 6.00. The van der Waals surface area contributed by atoms with E-state index in [9.17, 15) is 0 Å². The first-order chi connectivity index (χ1) is 12.0. The van der Waals surface area contributed by atoms with Crippen LogP contribution in [0.2, 0.25) is 0 Å². The summed E-state index contributed by atoms with van der Waals surface area (Å²) in [4.78, 5) is 7.36. The molecule has 0 amide bonds. The van der Waals surface area contributed by atoms with E-state index in [1.807, 2.05) is 0 Å². The summed E-state index contributed by atoms with van der Waals surface area (Å²) in [5.74, 6) is 2.02. The molecule has 134 valence electrons. The van der Waals surface area contributed by atoms with E-state index in [2.05, 4.69) is 42.3 Å². The second-order valence-electron chi connectivity index (χ2n) is 6.73. The van der Waals surface area contributed by atoms with Crippen molar-refractivity contribution in [2.24, 2.45) is 0 Å². The Balaban J connectivity index is 1.98. The summed E-state index contributed by atoms with van der Waals surface area (Å²) in [5.41, 5.74) is 2.16. The van der Waals surface area contributed by atoms with E-state index >= 15 is 0 Å². The van der Waals surface area contributed by atoms with Crippen molar-refractivity contribution in [1.82, 2.24) is 19.6 Å². The monoisotopic (exact) mass is 394 g/mol. The van der Waals surface area contributed by atoms with E-state index in [1.54, 1.807) is 34.9 Å². The maximum absolute atomic E-state index is 6.00. The Kier molecular flexibility index (Phi) is 4.72. The van der Waals surface area contributed by atoms with Crippen LogP contribution in [-0.2, 0) is 17.8 Å². The Bertz CT molecular complexity index is 931. The van der Waals surface area contributed by atoms with Crippen LogP contribution in [0.3, 0.4) is 0 Å². The highest BCUT2D eigenvalue weighted by molar-refractivity contribution is 7.99. The molecule has 0 spiro atoms. The first-order valence-corrected chi connectivity index (χ1v) is 11.4. The van der Waals surface area contributed by atoms with Crippen molar-refractivity contribution < 1.29 is 4.74 Å². The summed E-state index contributed by atoms with van der Waals surface area (Å²) in [6.45, 7) is 9.30. The lowest BCUT2D eigenvalue weighted by Gasteiger charge is -2.30. The SMILES string of the molecule is CCCSc1nc2sc3c(c2c2nnc(SCC)n12)CC(C)(C)OC3. The van der Waals surface area contributed by atoms with Crippen LogP contribution in [0.1, 0.15) is 44.6 Å². The fourth-order valence-corrected chi connectivity index (χ4v) is 5.82. The van der Waals surface area contributed by atoms with Gasteiger partial charge in [0.25, 0.3) is 0 Å². The summed E-state index contributed by atoms with van der Waals surface area (Å²) in [5, 5.41) is 12.2. The molecule has 5 nitrogen and oxygen atoms in total. The van der Waals surface area contributed by atoms with Gasteiger partial charge in [-0.05, 0) is 31.6 Å². The molecule has 0 bridgehead atoms. The molecule has 0 aliphatic carbocycles. The molecular weight excluding hydrogens is 372 g/mol. The molecule has 1 aliphatic rings. The highest BCUT2D eigenvalue weighted by Gasteiger charge is 2.31. The minimum absolute atomic E-state index is 0.144. The highest BCUT2D eigenvalue weighted by atomic mass is 32.2. The zero-order valence-corrected chi connectivity index (χ0v) is 17.4. The third kappa shape index (κ3) is 3.07. The summed E-state index contributed by atoms with van der Waals surface area (Å²) in [7, 11) is 0. The van der Waals surface area contributed by atoms with Gasteiger partial charge in [0.15, 0.2) is 16.0 Å². The molecule has 0 aromatic carbocycles. The second-order valence-corrected chi connectivity index (χ2v) is 10.1. The molecular formula is C17H22N4OS3. The van der Waals surface area contributed by atoms with E-state index < -0.39 is 0 Å². The van der Waals surface area contributed by atoms with E-state index in [0.29, 0.717) is 6.61 Å². The fraction of sp³-hybridized carbons (Fsp3) is 0.588. The lowest BCUT2D eigenvalue weighted by Crippen LogP contribution is -2.31. The smallest absolute Gasteiger partial charge is 0.197 e. The van der Waals surface area contributed by atoms with Crippen molar-refractivity contribution >= 4 is 50.7 Å². The Hall–Kier alpha value is -0.830. The number of rotatable bonds is 5. The number of thiophene rings is 1. The van der Waals surface area contributed by atoms with Crippen molar-refractivity contribution in [2.75, 3.05) is 11.5 Å². The zero-order valence-electron chi connectivity index (χ0n) is 15.0. The predicted molar refractivity (Wildman–Crippen MR) is 106 cm³/mol. The number of ether oxygens (including phenoxy) is 1. The van der Waals surface area contributed by atoms with Gasteiger partial charge in [-0.25, -0.2) is 9.38 Å². The number of thioether (sulfide) groups is 2. The van der Waals surface area contributed by atoms with Gasteiger partial charge in [-0.2, -0.15) is 0 Å². The van der Waals surface area contributed by atoms with E-state index in [0.717, 1.165) is 45.1 Å². The first-order valence-electron chi connectivity index (χ1n) is 8.63. The zero-order chi connectivity index (χ0) is 17.6. The van der Waals surface area contributed by atoms with Crippen LogP contribution >= 0.6 is 34.9 Å². The number of fused-ring (bicyclic) bond motifs is 5. The molecule has 3 aromatic rings. The third-order valence-electron chi connectivity index (χ3n) is 4.22. The predicted octanol–water partition coefficient (Wildman–Crippen LogP) is 4.80. The Morgan fingerprint density at radius 3 is 2.80 bits per heavy atom. The molecule has 4 rings (SSSR count). The van der Waals surface area contributed by atoms with Crippen molar-refractivity contribution in [3.8, 4) is 0 Å². The molecule has 0 unspecified atom stereocenters. The van der Waals surface area contributed by atoms with Gasteiger partial charge in [0.1, 0.15) is 4.83 Å².